The molecule has 1 aromatic rings. The van der Waals surface area contributed by atoms with Crippen LogP contribution in [0.15, 0.2) is 24.3 Å². The van der Waals surface area contributed by atoms with Gasteiger partial charge in [0.25, 0.3) is 0 Å². The van der Waals surface area contributed by atoms with Crippen molar-refractivity contribution >= 4 is 17.4 Å². The molecule has 0 aliphatic heterocycles. The molecule has 16 heavy (non-hydrogen) atoms. The van der Waals surface area contributed by atoms with Crippen LogP contribution in [0, 0.1) is 0 Å². The molecular weight excluding hydrogens is 202 g/mol. The van der Waals surface area contributed by atoms with Crippen molar-refractivity contribution < 1.29 is 4.79 Å². The first-order valence-corrected chi connectivity index (χ1v) is 5.51. The third-order valence-electron chi connectivity index (χ3n) is 2.36. The average molecular weight is 221 g/mol. The van der Waals surface area contributed by atoms with Gasteiger partial charge in [0.1, 0.15) is 0 Å². The number of nitrogen functional groups attached to an aromatic ring is 1. The number of nitrogens with two attached hydrogens (primary N) is 1. The van der Waals surface area contributed by atoms with Gasteiger partial charge in [-0.05, 0) is 30.7 Å². The summed E-state index contributed by atoms with van der Waals surface area (Å²) in [6.07, 6.45) is 2.10. The molecule has 0 aliphatic carbocycles. The van der Waals surface area contributed by atoms with Crippen LogP contribution in [0.1, 0.15) is 19.8 Å². The minimum absolute atomic E-state index is 0.0850. The molecule has 0 saturated carbocycles. The maximum absolute atomic E-state index is 11.7. The fraction of sp³-hybridized carbons (Fsp3) is 0.417. The lowest BCUT2D eigenvalue weighted by Crippen LogP contribution is -2.32. The van der Waals surface area contributed by atoms with Crippen molar-refractivity contribution in [3.63, 3.8) is 0 Å². The molecular formula is C12H19N3O. The standard InChI is InChI=1S/C12H19N3O/c1-3-4-9-15(2)12(16)14-11-7-5-10(13)6-8-11/h5-8H,3-4,9,13H2,1-2H3,(H,14,16). The first-order chi connectivity index (χ1) is 7.63. The molecule has 4 heteroatoms. The molecule has 3 N–H and O–H groups in total. The van der Waals surface area contributed by atoms with Crippen molar-refractivity contribution in [2.75, 3.05) is 24.6 Å². The molecule has 0 atom stereocenters. The third kappa shape index (κ3) is 3.81. The highest BCUT2D eigenvalue weighted by atomic mass is 16.2. The highest BCUT2D eigenvalue weighted by Crippen LogP contribution is 2.11. The van der Waals surface area contributed by atoms with Gasteiger partial charge in [0.15, 0.2) is 0 Å². The Kier molecular flexibility index (Phi) is 4.64. The van der Waals surface area contributed by atoms with Crippen LogP contribution in [0.3, 0.4) is 0 Å². The zero-order valence-corrected chi connectivity index (χ0v) is 9.86. The summed E-state index contributed by atoms with van der Waals surface area (Å²) in [5, 5.41) is 2.81. The number of hydrogen-bond donors (Lipinski definition) is 2. The Labute approximate surface area is 96.4 Å². The maximum atomic E-state index is 11.7. The van der Waals surface area contributed by atoms with Crippen LogP contribution < -0.4 is 11.1 Å². The summed E-state index contributed by atoms with van der Waals surface area (Å²) in [5.74, 6) is 0. The number of unbranched alkanes of at least 4 members (excludes halogenated alkanes) is 1. The van der Waals surface area contributed by atoms with E-state index < -0.39 is 0 Å². The zero-order chi connectivity index (χ0) is 12.0. The van der Waals surface area contributed by atoms with E-state index in [-0.39, 0.29) is 6.03 Å². The lowest BCUT2D eigenvalue weighted by Gasteiger charge is -2.17. The van der Waals surface area contributed by atoms with E-state index in [1.807, 2.05) is 0 Å². The van der Waals surface area contributed by atoms with Gasteiger partial charge < -0.3 is 16.0 Å². The largest absolute Gasteiger partial charge is 0.399 e. The quantitative estimate of drug-likeness (QED) is 0.767. The summed E-state index contributed by atoms with van der Waals surface area (Å²) in [7, 11) is 1.79. The monoisotopic (exact) mass is 221 g/mol. The van der Waals surface area contributed by atoms with E-state index in [1.54, 1.807) is 36.2 Å². The molecule has 0 unspecified atom stereocenters. The maximum Gasteiger partial charge on any atom is 0.321 e. The Bertz CT molecular complexity index is 335. The molecule has 2 amide bonds. The van der Waals surface area contributed by atoms with Crippen molar-refractivity contribution in [1.29, 1.82) is 0 Å². The topological polar surface area (TPSA) is 58.4 Å². The lowest BCUT2D eigenvalue weighted by molar-refractivity contribution is 0.222. The molecule has 0 fully saturated rings. The Balaban J connectivity index is 2.47. The zero-order valence-electron chi connectivity index (χ0n) is 9.86. The minimum Gasteiger partial charge on any atom is -0.399 e. The summed E-state index contributed by atoms with van der Waals surface area (Å²) < 4.78 is 0. The molecule has 0 bridgehead atoms. The molecule has 1 rings (SSSR count). The molecule has 0 saturated heterocycles. The number of rotatable bonds is 4. The summed E-state index contributed by atoms with van der Waals surface area (Å²) in [6, 6.07) is 7.03. The highest BCUT2D eigenvalue weighted by molar-refractivity contribution is 5.89. The number of carbonyl (C=O) groups is 1. The van der Waals surface area contributed by atoms with Crippen LogP contribution in [0.2, 0.25) is 0 Å². The summed E-state index contributed by atoms with van der Waals surface area (Å²) in [5.41, 5.74) is 7.02. The summed E-state index contributed by atoms with van der Waals surface area (Å²) >= 11 is 0. The van der Waals surface area contributed by atoms with Crippen LogP contribution in [-0.2, 0) is 0 Å². The molecule has 0 radical (unpaired) electrons. The van der Waals surface area contributed by atoms with Gasteiger partial charge in [0.2, 0.25) is 0 Å². The molecule has 0 aliphatic rings. The predicted molar refractivity (Wildman–Crippen MR) is 67.4 cm³/mol. The third-order valence-corrected chi connectivity index (χ3v) is 2.36. The molecule has 88 valence electrons. The van der Waals surface area contributed by atoms with Crippen LogP contribution in [0.5, 0.6) is 0 Å². The molecule has 0 heterocycles. The van der Waals surface area contributed by atoms with E-state index in [1.165, 1.54) is 0 Å². The summed E-state index contributed by atoms with van der Waals surface area (Å²) in [4.78, 5) is 13.4. The fourth-order valence-corrected chi connectivity index (χ4v) is 1.28. The Hall–Kier alpha value is -1.71. The van der Waals surface area contributed by atoms with Gasteiger partial charge in [-0.15, -0.1) is 0 Å². The highest BCUT2D eigenvalue weighted by Gasteiger charge is 2.07. The second kappa shape index (κ2) is 6.00. The van der Waals surface area contributed by atoms with Gasteiger partial charge in [0, 0.05) is 25.0 Å². The van der Waals surface area contributed by atoms with Crippen molar-refractivity contribution in [1.82, 2.24) is 4.90 Å². The number of amides is 2. The van der Waals surface area contributed by atoms with Gasteiger partial charge in [-0.3, -0.25) is 0 Å². The van der Waals surface area contributed by atoms with E-state index in [0.717, 1.165) is 25.1 Å². The number of anilines is 2. The van der Waals surface area contributed by atoms with Crippen LogP contribution in [0.4, 0.5) is 16.2 Å². The van der Waals surface area contributed by atoms with E-state index in [4.69, 9.17) is 5.73 Å². The van der Waals surface area contributed by atoms with E-state index in [2.05, 4.69) is 12.2 Å². The number of nitrogens with one attached hydrogen (secondary N) is 1. The number of benzene rings is 1. The van der Waals surface area contributed by atoms with Gasteiger partial charge in [-0.2, -0.15) is 0 Å². The van der Waals surface area contributed by atoms with Crippen LogP contribution >= 0.6 is 0 Å². The molecule has 0 aromatic heterocycles. The first-order valence-electron chi connectivity index (χ1n) is 5.51. The molecule has 4 nitrogen and oxygen atoms in total. The number of hydrogen-bond acceptors (Lipinski definition) is 2. The molecule has 0 spiro atoms. The number of urea groups is 1. The van der Waals surface area contributed by atoms with Crippen molar-refractivity contribution in [3.05, 3.63) is 24.3 Å². The molecule has 1 aromatic carbocycles. The van der Waals surface area contributed by atoms with Gasteiger partial charge in [-0.1, -0.05) is 13.3 Å². The summed E-state index contributed by atoms with van der Waals surface area (Å²) in [6.45, 7) is 2.88. The smallest absolute Gasteiger partial charge is 0.321 e. The lowest BCUT2D eigenvalue weighted by atomic mass is 10.3. The normalized spacial score (nSPS) is 9.88. The first kappa shape index (κ1) is 12.4. The average Bonchev–Trinajstić information content (AvgIpc) is 2.29. The SMILES string of the molecule is CCCCN(C)C(=O)Nc1ccc(N)cc1. The van der Waals surface area contributed by atoms with Crippen molar-refractivity contribution in [2.24, 2.45) is 0 Å². The predicted octanol–water partition coefficient (Wildman–Crippen LogP) is 2.53. The van der Waals surface area contributed by atoms with Crippen LogP contribution in [-0.4, -0.2) is 24.5 Å². The number of nitrogens with zero attached hydrogens (tertiary/aromatic N) is 1. The second-order valence-corrected chi connectivity index (χ2v) is 3.83. The number of carbonyl (C=O) groups excluding carboxylic acids is 1. The Morgan fingerprint density at radius 1 is 1.38 bits per heavy atom. The van der Waals surface area contributed by atoms with Gasteiger partial charge in [0.05, 0.1) is 0 Å². The van der Waals surface area contributed by atoms with Gasteiger partial charge in [-0.25, -0.2) is 4.79 Å². The Morgan fingerprint density at radius 3 is 2.56 bits per heavy atom. The van der Waals surface area contributed by atoms with E-state index >= 15 is 0 Å². The fourth-order valence-electron chi connectivity index (χ4n) is 1.28. The Morgan fingerprint density at radius 2 is 2.00 bits per heavy atom. The second-order valence-electron chi connectivity index (χ2n) is 3.83. The van der Waals surface area contributed by atoms with Crippen molar-refractivity contribution in [3.8, 4) is 0 Å². The van der Waals surface area contributed by atoms with Crippen LogP contribution in [0.25, 0.3) is 0 Å². The van der Waals surface area contributed by atoms with E-state index in [9.17, 15) is 4.79 Å². The minimum atomic E-state index is -0.0850. The van der Waals surface area contributed by atoms with Crippen molar-refractivity contribution in [2.45, 2.75) is 19.8 Å². The van der Waals surface area contributed by atoms with Gasteiger partial charge >= 0.3 is 6.03 Å². The van der Waals surface area contributed by atoms with E-state index in [0.29, 0.717) is 5.69 Å².